The second kappa shape index (κ2) is 14.6. The van der Waals surface area contributed by atoms with Crippen LogP contribution in [0.3, 0.4) is 0 Å². The average molecular weight is 798 g/mol. The van der Waals surface area contributed by atoms with Gasteiger partial charge in [0.25, 0.3) is 0 Å². The van der Waals surface area contributed by atoms with E-state index in [0.717, 1.165) is 28.4 Å². The van der Waals surface area contributed by atoms with E-state index in [1.54, 1.807) is 0 Å². The Morgan fingerprint density at radius 2 is 1.08 bits per heavy atom. The van der Waals surface area contributed by atoms with E-state index < -0.39 is 0 Å². The lowest BCUT2D eigenvalue weighted by molar-refractivity contribution is 0.645. The topological polar surface area (TPSA) is 19.4 Å². The fourth-order valence-electron chi connectivity index (χ4n) is 10.4. The van der Waals surface area contributed by atoms with Gasteiger partial charge in [-0.2, -0.15) is 0 Å². The molecule has 1 aliphatic carbocycles. The molecule has 0 saturated carbocycles. The van der Waals surface area contributed by atoms with Crippen molar-refractivity contribution in [1.82, 2.24) is 4.98 Å². The van der Waals surface area contributed by atoms with Crippen molar-refractivity contribution in [3.8, 4) is 22.3 Å². The molecule has 62 heavy (non-hydrogen) atoms. The molecule has 0 spiro atoms. The summed E-state index contributed by atoms with van der Waals surface area (Å²) in [6.45, 7) is 11.5. The van der Waals surface area contributed by atoms with Crippen LogP contribution < -0.4 is 9.80 Å². The van der Waals surface area contributed by atoms with E-state index in [0.29, 0.717) is 0 Å². The highest BCUT2D eigenvalue weighted by Crippen LogP contribution is 2.54. The molecule has 298 valence electrons. The SMILES string of the molecule is Cc1cc(C)c(N(c2ccccc2)c2cc3c4cccc5c4c(cc3c3ccccc23)-c2ccc(N(c3ccccn3)c3ccccc3-c3ccccc3)cc2C5(C)C)c(C)c1. The molecule has 0 saturated heterocycles. The summed E-state index contributed by atoms with van der Waals surface area (Å²) >= 11 is 0. The molecule has 3 nitrogen and oxygen atoms in total. The molecule has 0 unspecified atom stereocenters. The normalized spacial score (nSPS) is 12.7. The third kappa shape index (κ3) is 5.91. The predicted molar refractivity (Wildman–Crippen MR) is 263 cm³/mol. The number of hydrogen-bond acceptors (Lipinski definition) is 3. The first-order valence-corrected chi connectivity index (χ1v) is 21.6. The van der Waals surface area contributed by atoms with Crippen molar-refractivity contribution in [2.24, 2.45) is 0 Å². The van der Waals surface area contributed by atoms with Gasteiger partial charge in [-0.25, -0.2) is 4.98 Å². The molecule has 0 atom stereocenters. The van der Waals surface area contributed by atoms with E-state index >= 15 is 0 Å². The van der Waals surface area contributed by atoms with Crippen LogP contribution in [-0.4, -0.2) is 4.98 Å². The van der Waals surface area contributed by atoms with Crippen molar-refractivity contribution >= 4 is 66.6 Å². The highest BCUT2D eigenvalue weighted by molar-refractivity contribution is 6.25. The van der Waals surface area contributed by atoms with E-state index in [1.165, 1.54) is 88.2 Å². The van der Waals surface area contributed by atoms with E-state index in [1.807, 2.05) is 12.3 Å². The fraction of sp³-hybridized carbons (Fsp3) is 0.102. The van der Waals surface area contributed by atoms with Crippen LogP contribution in [0.5, 0.6) is 0 Å². The maximum atomic E-state index is 4.94. The second-order valence-corrected chi connectivity index (χ2v) is 17.4. The largest absolute Gasteiger partial charge is 0.309 e. The van der Waals surface area contributed by atoms with Gasteiger partial charge in [0.2, 0.25) is 0 Å². The molecule has 10 aromatic rings. The van der Waals surface area contributed by atoms with Gasteiger partial charge in [0.15, 0.2) is 0 Å². The Morgan fingerprint density at radius 1 is 0.419 bits per heavy atom. The average Bonchev–Trinajstić information content (AvgIpc) is 3.30. The highest BCUT2D eigenvalue weighted by atomic mass is 15.2. The van der Waals surface area contributed by atoms with Gasteiger partial charge in [0, 0.05) is 33.9 Å². The Labute approximate surface area is 364 Å². The summed E-state index contributed by atoms with van der Waals surface area (Å²) in [5.41, 5.74) is 16.7. The van der Waals surface area contributed by atoms with Crippen LogP contribution in [0.2, 0.25) is 0 Å². The number of fused-ring (bicyclic) bond motifs is 6. The molecule has 1 aromatic heterocycles. The van der Waals surface area contributed by atoms with Gasteiger partial charge >= 0.3 is 0 Å². The number of nitrogens with zero attached hydrogens (tertiary/aromatic N) is 3. The number of rotatable bonds is 7. The van der Waals surface area contributed by atoms with E-state index in [4.69, 9.17) is 4.98 Å². The number of aryl methyl sites for hydroxylation is 3. The molecule has 0 amide bonds. The first-order chi connectivity index (χ1) is 30.3. The zero-order valence-electron chi connectivity index (χ0n) is 35.8. The Bertz CT molecular complexity index is 3330. The number of hydrogen-bond donors (Lipinski definition) is 0. The van der Waals surface area contributed by atoms with Crippen molar-refractivity contribution in [2.45, 2.75) is 40.0 Å². The third-order valence-electron chi connectivity index (χ3n) is 13.1. The number of aromatic nitrogens is 1. The van der Waals surface area contributed by atoms with Crippen LogP contribution in [0.1, 0.15) is 41.7 Å². The molecule has 0 bridgehead atoms. The van der Waals surface area contributed by atoms with Gasteiger partial charge in [-0.3, -0.25) is 4.90 Å². The minimum Gasteiger partial charge on any atom is -0.309 e. The molecular weight excluding hydrogens is 751 g/mol. The summed E-state index contributed by atoms with van der Waals surface area (Å²) < 4.78 is 0. The molecule has 0 radical (unpaired) electrons. The Kier molecular flexibility index (Phi) is 8.83. The highest BCUT2D eigenvalue weighted by Gasteiger charge is 2.35. The number of pyridine rings is 1. The standard InChI is InChI=1S/C59H47N3/c1-38-33-39(2)58(40(3)34-38)62(42-21-10-7-11-22-42)55-37-50-48-26-18-27-52-57(48)51(36-49(50)45-24-12-13-25-47(45)55)46-31-30-43(35-53(46)59(52,4)5)61(56-29-16-17-32-60-56)54-28-15-14-23-44(54)41-19-8-6-9-20-41/h6-37H,1-5H3. The van der Waals surface area contributed by atoms with Crippen LogP contribution >= 0.6 is 0 Å². The zero-order chi connectivity index (χ0) is 42.1. The quantitative estimate of drug-likeness (QED) is 0.150. The smallest absolute Gasteiger partial charge is 0.137 e. The molecule has 3 heteroatoms. The fourth-order valence-corrected chi connectivity index (χ4v) is 10.4. The third-order valence-corrected chi connectivity index (χ3v) is 13.1. The van der Waals surface area contributed by atoms with Crippen LogP contribution in [0, 0.1) is 20.8 Å². The van der Waals surface area contributed by atoms with Gasteiger partial charge in [-0.1, -0.05) is 153 Å². The first-order valence-electron chi connectivity index (χ1n) is 21.6. The number of anilines is 6. The Balaban J connectivity index is 1.16. The summed E-state index contributed by atoms with van der Waals surface area (Å²) in [4.78, 5) is 9.75. The van der Waals surface area contributed by atoms with Gasteiger partial charge in [-0.05, 0) is 141 Å². The maximum absolute atomic E-state index is 4.94. The summed E-state index contributed by atoms with van der Waals surface area (Å²) in [5.74, 6) is 0.876. The molecule has 0 aliphatic heterocycles. The molecule has 1 aliphatic rings. The van der Waals surface area contributed by atoms with Gasteiger partial charge in [0.05, 0.1) is 17.1 Å². The molecular formula is C59H47N3. The molecule has 9 aromatic carbocycles. The van der Waals surface area contributed by atoms with Crippen molar-refractivity contribution in [2.75, 3.05) is 9.80 Å². The van der Waals surface area contributed by atoms with E-state index in [9.17, 15) is 0 Å². The number of benzene rings is 9. The van der Waals surface area contributed by atoms with Gasteiger partial charge in [0.1, 0.15) is 5.82 Å². The molecule has 0 N–H and O–H groups in total. The molecule has 0 fully saturated rings. The summed E-state index contributed by atoms with van der Waals surface area (Å²) in [6, 6.07) is 68.9. The predicted octanol–water partition coefficient (Wildman–Crippen LogP) is 16.4. The second-order valence-electron chi connectivity index (χ2n) is 17.4. The summed E-state index contributed by atoms with van der Waals surface area (Å²) in [7, 11) is 0. The maximum Gasteiger partial charge on any atom is 0.137 e. The summed E-state index contributed by atoms with van der Waals surface area (Å²) in [6.07, 6.45) is 1.88. The first kappa shape index (κ1) is 37.5. The Morgan fingerprint density at radius 3 is 1.84 bits per heavy atom. The lowest BCUT2D eigenvalue weighted by atomic mass is 9.68. The van der Waals surface area contributed by atoms with E-state index in [-0.39, 0.29) is 5.41 Å². The summed E-state index contributed by atoms with van der Waals surface area (Å²) in [5, 5.41) is 7.60. The zero-order valence-corrected chi connectivity index (χ0v) is 35.8. The van der Waals surface area contributed by atoms with Crippen molar-refractivity contribution in [3.63, 3.8) is 0 Å². The monoisotopic (exact) mass is 797 g/mol. The van der Waals surface area contributed by atoms with Crippen molar-refractivity contribution in [3.05, 3.63) is 222 Å². The van der Waals surface area contributed by atoms with Crippen LogP contribution in [-0.2, 0) is 5.41 Å². The van der Waals surface area contributed by atoms with Crippen LogP contribution in [0.15, 0.2) is 194 Å². The van der Waals surface area contributed by atoms with Crippen molar-refractivity contribution < 1.29 is 0 Å². The van der Waals surface area contributed by atoms with Gasteiger partial charge < -0.3 is 4.90 Å². The lowest BCUT2D eigenvalue weighted by Crippen LogP contribution is -2.24. The number of para-hydroxylation sites is 2. The van der Waals surface area contributed by atoms with Gasteiger partial charge in [-0.15, -0.1) is 0 Å². The molecule has 1 heterocycles. The minimum absolute atomic E-state index is 0.299. The van der Waals surface area contributed by atoms with Crippen LogP contribution in [0.4, 0.5) is 34.3 Å². The van der Waals surface area contributed by atoms with Crippen LogP contribution in [0.25, 0.3) is 54.6 Å². The Hall–Kier alpha value is -7.49. The lowest BCUT2D eigenvalue weighted by Gasteiger charge is -2.37. The van der Waals surface area contributed by atoms with Crippen molar-refractivity contribution in [1.29, 1.82) is 0 Å². The minimum atomic E-state index is -0.299. The molecule has 11 rings (SSSR count). The van der Waals surface area contributed by atoms with E-state index in [2.05, 4.69) is 226 Å².